The Morgan fingerprint density at radius 2 is 1.82 bits per heavy atom. The number of hydrogen-bond acceptors (Lipinski definition) is 3. The van der Waals surface area contributed by atoms with Gasteiger partial charge in [-0.3, -0.25) is 4.98 Å². The van der Waals surface area contributed by atoms with E-state index in [1.54, 1.807) is 0 Å². The van der Waals surface area contributed by atoms with Crippen LogP contribution < -0.4 is 5.32 Å². The van der Waals surface area contributed by atoms with Gasteiger partial charge in [-0.25, -0.2) is 0 Å². The van der Waals surface area contributed by atoms with Crippen LogP contribution in [0.5, 0.6) is 0 Å². The average Bonchev–Trinajstić information content (AvgIpc) is 3.00. The third-order valence-electron chi connectivity index (χ3n) is 5.36. The van der Waals surface area contributed by atoms with Crippen LogP contribution in [0.1, 0.15) is 39.1 Å². The second kappa shape index (κ2) is 7.99. The molecule has 142 valence electrons. The summed E-state index contributed by atoms with van der Waals surface area (Å²) in [5.41, 5.74) is 10.2. The first kappa shape index (κ1) is 18.5. The lowest BCUT2D eigenvalue weighted by Crippen LogP contribution is -2.14. The van der Waals surface area contributed by atoms with E-state index in [-0.39, 0.29) is 0 Å². The van der Waals surface area contributed by atoms with Gasteiger partial charge in [0.1, 0.15) is 0 Å². The van der Waals surface area contributed by atoms with Gasteiger partial charge in [0.25, 0.3) is 0 Å². The van der Waals surface area contributed by atoms with Crippen LogP contribution in [-0.2, 0) is 26.2 Å². The summed E-state index contributed by atoms with van der Waals surface area (Å²) in [4.78, 5) is 6.75. The van der Waals surface area contributed by atoms with Crippen molar-refractivity contribution in [2.75, 3.05) is 0 Å². The fraction of sp³-hybridized carbons (Fsp3) is 0.240. The normalized spacial score (nSPS) is 13.1. The molecule has 3 heteroatoms. The van der Waals surface area contributed by atoms with E-state index >= 15 is 0 Å². The van der Waals surface area contributed by atoms with Crippen molar-refractivity contribution in [1.82, 2.24) is 15.2 Å². The monoisotopic (exact) mass is 369 g/mol. The SMILES string of the molecule is C=C1c2c(C)cc(CNCc3ccccn3)cc2CN1Cc1ccc(C)cc1. The Bertz CT molecular complexity index is 975. The number of aryl methyl sites for hydroxylation is 2. The molecule has 0 atom stereocenters. The van der Waals surface area contributed by atoms with Gasteiger partial charge in [0, 0.05) is 43.6 Å². The Morgan fingerprint density at radius 1 is 1.00 bits per heavy atom. The minimum Gasteiger partial charge on any atom is -0.363 e. The fourth-order valence-corrected chi connectivity index (χ4v) is 3.94. The number of nitrogens with one attached hydrogen (secondary N) is 1. The van der Waals surface area contributed by atoms with Crippen LogP contribution in [0, 0.1) is 13.8 Å². The molecule has 4 rings (SSSR count). The largest absolute Gasteiger partial charge is 0.363 e. The molecule has 2 heterocycles. The highest BCUT2D eigenvalue weighted by molar-refractivity contribution is 5.72. The molecular formula is C25H27N3. The van der Waals surface area contributed by atoms with Crippen LogP contribution in [0.3, 0.4) is 0 Å². The van der Waals surface area contributed by atoms with Crippen LogP contribution in [-0.4, -0.2) is 9.88 Å². The molecule has 0 spiro atoms. The van der Waals surface area contributed by atoms with E-state index in [2.05, 4.69) is 72.0 Å². The van der Waals surface area contributed by atoms with Crippen LogP contribution in [0.4, 0.5) is 0 Å². The molecular weight excluding hydrogens is 342 g/mol. The number of pyridine rings is 1. The Labute approximate surface area is 167 Å². The summed E-state index contributed by atoms with van der Waals surface area (Å²) < 4.78 is 0. The maximum atomic E-state index is 4.39. The number of aromatic nitrogens is 1. The summed E-state index contributed by atoms with van der Waals surface area (Å²) in [6.07, 6.45) is 1.84. The maximum Gasteiger partial charge on any atom is 0.0541 e. The number of fused-ring (bicyclic) bond motifs is 1. The predicted octanol–water partition coefficient (Wildman–Crippen LogP) is 4.97. The second-order valence-corrected chi connectivity index (χ2v) is 7.66. The van der Waals surface area contributed by atoms with Crippen LogP contribution in [0.2, 0.25) is 0 Å². The Hall–Kier alpha value is -2.91. The molecule has 0 amide bonds. The zero-order chi connectivity index (χ0) is 19.5. The van der Waals surface area contributed by atoms with E-state index in [4.69, 9.17) is 0 Å². The second-order valence-electron chi connectivity index (χ2n) is 7.66. The van der Waals surface area contributed by atoms with Crippen LogP contribution in [0.15, 0.2) is 67.4 Å². The number of hydrogen-bond donors (Lipinski definition) is 1. The molecule has 0 unspecified atom stereocenters. The van der Waals surface area contributed by atoms with Gasteiger partial charge >= 0.3 is 0 Å². The summed E-state index contributed by atoms with van der Waals surface area (Å²) >= 11 is 0. The van der Waals surface area contributed by atoms with Crippen molar-refractivity contribution < 1.29 is 0 Å². The molecule has 0 saturated carbocycles. The maximum absolute atomic E-state index is 4.39. The zero-order valence-corrected chi connectivity index (χ0v) is 16.7. The first-order valence-corrected chi connectivity index (χ1v) is 9.83. The Morgan fingerprint density at radius 3 is 2.57 bits per heavy atom. The molecule has 0 bridgehead atoms. The number of nitrogens with zero attached hydrogens (tertiary/aromatic N) is 2. The summed E-state index contributed by atoms with van der Waals surface area (Å²) in [5, 5.41) is 3.51. The van der Waals surface area contributed by atoms with Crippen molar-refractivity contribution >= 4 is 5.70 Å². The molecule has 3 nitrogen and oxygen atoms in total. The minimum absolute atomic E-state index is 0.781. The van der Waals surface area contributed by atoms with Crippen LogP contribution >= 0.6 is 0 Å². The minimum atomic E-state index is 0.781. The standard InChI is InChI=1S/C25H27N3/c1-18-7-9-21(10-8-18)16-28-17-23-13-22(12-19(2)25(23)20(28)3)14-26-15-24-6-4-5-11-27-24/h4-13,26H,3,14-17H2,1-2H3. The molecule has 2 aromatic carbocycles. The van der Waals surface area contributed by atoms with E-state index in [1.165, 1.54) is 33.4 Å². The van der Waals surface area contributed by atoms with Gasteiger partial charge in [0.05, 0.1) is 5.69 Å². The molecule has 0 fully saturated rings. The average molecular weight is 370 g/mol. The smallest absolute Gasteiger partial charge is 0.0541 e. The van der Waals surface area contributed by atoms with E-state index in [1.807, 2.05) is 24.4 Å². The third-order valence-corrected chi connectivity index (χ3v) is 5.36. The summed E-state index contributed by atoms with van der Waals surface area (Å²) in [5.74, 6) is 0. The molecule has 1 aliphatic rings. The third kappa shape index (κ3) is 4.00. The van der Waals surface area contributed by atoms with Gasteiger partial charge in [0.15, 0.2) is 0 Å². The van der Waals surface area contributed by atoms with Crippen molar-refractivity contribution in [2.45, 2.75) is 40.0 Å². The van der Waals surface area contributed by atoms with Gasteiger partial charge in [-0.1, -0.05) is 54.6 Å². The molecule has 0 radical (unpaired) electrons. The van der Waals surface area contributed by atoms with Gasteiger partial charge in [-0.2, -0.15) is 0 Å². The summed E-state index contributed by atoms with van der Waals surface area (Å²) in [7, 11) is 0. The van der Waals surface area contributed by atoms with Gasteiger partial charge in [0.2, 0.25) is 0 Å². The van der Waals surface area contributed by atoms with Crippen molar-refractivity contribution in [3.05, 3.63) is 106 Å². The molecule has 0 aliphatic carbocycles. The lowest BCUT2D eigenvalue weighted by molar-refractivity contribution is 0.404. The Kier molecular flexibility index (Phi) is 5.27. The highest BCUT2D eigenvalue weighted by atomic mass is 15.2. The van der Waals surface area contributed by atoms with Gasteiger partial charge < -0.3 is 10.2 Å². The molecule has 1 aromatic heterocycles. The molecule has 3 aromatic rings. The summed E-state index contributed by atoms with van der Waals surface area (Å²) in [6.45, 7) is 12.2. The topological polar surface area (TPSA) is 28.2 Å². The highest BCUT2D eigenvalue weighted by Crippen LogP contribution is 2.35. The molecule has 1 aliphatic heterocycles. The van der Waals surface area contributed by atoms with Crippen molar-refractivity contribution in [1.29, 1.82) is 0 Å². The first-order valence-electron chi connectivity index (χ1n) is 9.83. The number of benzene rings is 2. The van der Waals surface area contributed by atoms with Crippen LogP contribution in [0.25, 0.3) is 5.70 Å². The lowest BCUT2D eigenvalue weighted by atomic mass is 9.99. The molecule has 0 saturated heterocycles. The summed E-state index contributed by atoms with van der Waals surface area (Å²) in [6, 6.07) is 19.4. The van der Waals surface area contributed by atoms with E-state index in [0.717, 1.165) is 37.6 Å². The highest BCUT2D eigenvalue weighted by Gasteiger charge is 2.24. The van der Waals surface area contributed by atoms with E-state index in [0.29, 0.717) is 0 Å². The van der Waals surface area contributed by atoms with E-state index in [9.17, 15) is 0 Å². The predicted molar refractivity (Wildman–Crippen MR) is 115 cm³/mol. The van der Waals surface area contributed by atoms with E-state index < -0.39 is 0 Å². The van der Waals surface area contributed by atoms with Crippen molar-refractivity contribution in [2.24, 2.45) is 0 Å². The quantitative estimate of drug-likeness (QED) is 0.664. The van der Waals surface area contributed by atoms with Gasteiger partial charge in [-0.05, 0) is 48.2 Å². The molecule has 1 N–H and O–H groups in total. The lowest BCUT2D eigenvalue weighted by Gasteiger charge is -2.19. The van der Waals surface area contributed by atoms with Gasteiger partial charge in [-0.15, -0.1) is 0 Å². The zero-order valence-electron chi connectivity index (χ0n) is 16.7. The first-order chi connectivity index (χ1) is 13.6. The Balaban J connectivity index is 1.44. The fourth-order valence-electron chi connectivity index (χ4n) is 3.94. The van der Waals surface area contributed by atoms with Crippen molar-refractivity contribution in [3.63, 3.8) is 0 Å². The number of rotatable bonds is 6. The molecule has 28 heavy (non-hydrogen) atoms. The van der Waals surface area contributed by atoms with Crippen molar-refractivity contribution in [3.8, 4) is 0 Å².